The van der Waals surface area contributed by atoms with Gasteiger partial charge in [-0.2, -0.15) is 8.78 Å². The molecule has 0 amide bonds. The van der Waals surface area contributed by atoms with Gasteiger partial charge in [-0.15, -0.1) is 0 Å². The number of ether oxygens (including phenoxy) is 1. The summed E-state index contributed by atoms with van der Waals surface area (Å²) < 4.78 is 34.1. The zero-order chi connectivity index (χ0) is 15.5. The predicted molar refractivity (Wildman–Crippen MR) is 75.2 cm³/mol. The largest absolute Gasteiger partial charge is 0.444 e. The zero-order valence-electron chi connectivity index (χ0n) is 12.2. The van der Waals surface area contributed by atoms with Gasteiger partial charge in [-0.1, -0.05) is 6.07 Å². The van der Waals surface area contributed by atoms with Crippen molar-refractivity contribution in [2.75, 3.05) is 0 Å². The number of hydrogen-bond donors (Lipinski definition) is 1. The van der Waals surface area contributed by atoms with E-state index in [4.69, 9.17) is 4.42 Å². The summed E-state index contributed by atoms with van der Waals surface area (Å²) in [4.78, 5) is 4.33. The summed E-state index contributed by atoms with van der Waals surface area (Å²) in [7, 11) is 0. The van der Waals surface area contributed by atoms with E-state index in [1.807, 2.05) is 0 Å². The summed E-state index contributed by atoms with van der Waals surface area (Å²) in [6, 6.07) is 6.27. The molecule has 2 aromatic rings. The number of benzene rings is 1. The maximum absolute atomic E-state index is 12.2. The lowest BCUT2D eigenvalue weighted by Gasteiger charge is -2.19. The Hall–Kier alpha value is -1.95. The summed E-state index contributed by atoms with van der Waals surface area (Å²) >= 11 is 0. The van der Waals surface area contributed by atoms with Crippen LogP contribution in [0.3, 0.4) is 0 Å². The Kier molecular flexibility index (Phi) is 4.57. The number of nitrogens with one attached hydrogen (secondary N) is 1. The Morgan fingerprint density at radius 1 is 1.33 bits per heavy atom. The molecule has 21 heavy (non-hydrogen) atoms. The molecular weight excluding hydrogens is 278 g/mol. The van der Waals surface area contributed by atoms with Crippen molar-refractivity contribution < 1.29 is 17.9 Å². The first-order valence-electron chi connectivity index (χ1n) is 6.58. The molecule has 1 heterocycles. The molecule has 0 bridgehead atoms. The minimum atomic E-state index is -2.85. The van der Waals surface area contributed by atoms with Crippen LogP contribution < -0.4 is 10.1 Å². The van der Waals surface area contributed by atoms with Gasteiger partial charge in [0.2, 0.25) is 5.89 Å². The normalized spacial score (nSPS) is 11.9. The van der Waals surface area contributed by atoms with Gasteiger partial charge in [-0.05, 0) is 39.0 Å². The van der Waals surface area contributed by atoms with Gasteiger partial charge in [-0.25, -0.2) is 4.98 Å². The van der Waals surface area contributed by atoms with E-state index in [9.17, 15) is 8.78 Å². The highest BCUT2D eigenvalue weighted by Crippen LogP contribution is 2.24. The van der Waals surface area contributed by atoms with Gasteiger partial charge in [0.15, 0.2) is 0 Å². The van der Waals surface area contributed by atoms with Crippen molar-refractivity contribution >= 4 is 0 Å². The van der Waals surface area contributed by atoms with E-state index in [0.717, 1.165) is 5.69 Å². The van der Waals surface area contributed by atoms with E-state index in [1.54, 1.807) is 18.4 Å². The summed E-state index contributed by atoms with van der Waals surface area (Å²) in [5.41, 5.74) is 1.32. The van der Waals surface area contributed by atoms with Gasteiger partial charge >= 0.3 is 6.61 Å². The molecule has 1 aromatic carbocycles. The van der Waals surface area contributed by atoms with Crippen LogP contribution in [-0.2, 0) is 6.54 Å². The van der Waals surface area contributed by atoms with E-state index < -0.39 is 6.61 Å². The molecule has 0 aliphatic heterocycles. The molecule has 0 saturated heterocycles. The monoisotopic (exact) mass is 296 g/mol. The van der Waals surface area contributed by atoms with Gasteiger partial charge in [0.25, 0.3) is 0 Å². The van der Waals surface area contributed by atoms with Crippen LogP contribution >= 0.6 is 0 Å². The number of aromatic nitrogens is 1. The van der Waals surface area contributed by atoms with E-state index >= 15 is 0 Å². The average molecular weight is 296 g/mol. The Bertz CT molecular complexity index is 591. The molecule has 0 aliphatic carbocycles. The van der Waals surface area contributed by atoms with E-state index in [1.165, 1.54) is 12.1 Å². The van der Waals surface area contributed by atoms with E-state index in [0.29, 0.717) is 18.0 Å². The van der Waals surface area contributed by atoms with Crippen LogP contribution in [0.25, 0.3) is 11.5 Å². The molecule has 0 spiro atoms. The van der Waals surface area contributed by atoms with Crippen LogP contribution in [0.5, 0.6) is 5.75 Å². The number of alkyl halides is 2. The molecule has 0 unspecified atom stereocenters. The highest BCUT2D eigenvalue weighted by Gasteiger charge is 2.12. The molecule has 0 fully saturated rings. The third kappa shape index (κ3) is 4.82. The predicted octanol–water partition coefficient (Wildman–Crippen LogP) is 3.83. The lowest BCUT2D eigenvalue weighted by Crippen LogP contribution is -2.35. The third-order valence-corrected chi connectivity index (χ3v) is 2.66. The van der Waals surface area contributed by atoms with Gasteiger partial charge in [0.1, 0.15) is 12.0 Å². The van der Waals surface area contributed by atoms with E-state index in [-0.39, 0.29) is 11.3 Å². The molecule has 114 valence electrons. The van der Waals surface area contributed by atoms with Crippen LogP contribution in [0.2, 0.25) is 0 Å². The molecule has 6 heteroatoms. The first-order chi connectivity index (χ1) is 9.83. The number of oxazole rings is 1. The average Bonchev–Trinajstić information content (AvgIpc) is 2.84. The van der Waals surface area contributed by atoms with Crippen molar-refractivity contribution in [1.29, 1.82) is 0 Å². The van der Waals surface area contributed by atoms with Crippen molar-refractivity contribution in [3.8, 4) is 17.2 Å². The molecule has 0 radical (unpaired) electrons. The molecule has 1 aromatic heterocycles. The van der Waals surface area contributed by atoms with Crippen molar-refractivity contribution in [1.82, 2.24) is 10.3 Å². The van der Waals surface area contributed by atoms with E-state index in [2.05, 4.69) is 35.8 Å². The van der Waals surface area contributed by atoms with Crippen molar-refractivity contribution in [2.24, 2.45) is 0 Å². The highest BCUT2D eigenvalue weighted by atomic mass is 19.3. The topological polar surface area (TPSA) is 47.3 Å². The minimum Gasteiger partial charge on any atom is -0.444 e. The summed E-state index contributed by atoms with van der Waals surface area (Å²) in [6.45, 7) is 3.88. The summed E-state index contributed by atoms with van der Waals surface area (Å²) in [5, 5.41) is 3.29. The minimum absolute atomic E-state index is 0.0237. The van der Waals surface area contributed by atoms with Gasteiger partial charge in [0.05, 0.1) is 5.69 Å². The summed E-state index contributed by atoms with van der Waals surface area (Å²) in [5.74, 6) is 0.454. The Balaban J connectivity index is 2.10. The lowest BCUT2D eigenvalue weighted by atomic mass is 10.1. The van der Waals surface area contributed by atoms with Gasteiger partial charge in [-0.3, -0.25) is 0 Å². The van der Waals surface area contributed by atoms with Crippen LogP contribution in [0.15, 0.2) is 34.9 Å². The Morgan fingerprint density at radius 2 is 2.10 bits per heavy atom. The first-order valence-corrected chi connectivity index (χ1v) is 6.58. The van der Waals surface area contributed by atoms with Crippen LogP contribution in [0, 0.1) is 0 Å². The number of nitrogens with zero attached hydrogens (tertiary/aromatic N) is 1. The van der Waals surface area contributed by atoms with Gasteiger partial charge < -0.3 is 14.5 Å². The Labute approximate surface area is 122 Å². The first kappa shape index (κ1) is 15.4. The summed E-state index contributed by atoms with van der Waals surface area (Å²) in [6.07, 6.45) is 1.55. The molecule has 0 saturated carbocycles. The third-order valence-electron chi connectivity index (χ3n) is 2.66. The maximum atomic E-state index is 12.2. The zero-order valence-corrected chi connectivity index (χ0v) is 12.2. The number of halogens is 2. The smallest absolute Gasteiger partial charge is 0.387 e. The fourth-order valence-corrected chi connectivity index (χ4v) is 1.68. The maximum Gasteiger partial charge on any atom is 0.387 e. The number of rotatable bonds is 5. The fraction of sp³-hybridized carbons (Fsp3) is 0.400. The van der Waals surface area contributed by atoms with Crippen molar-refractivity contribution in [2.45, 2.75) is 39.5 Å². The van der Waals surface area contributed by atoms with Crippen LogP contribution in [0.1, 0.15) is 26.5 Å². The van der Waals surface area contributed by atoms with Crippen molar-refractivity contribution in [3.63, 3.8) is 0 Å². The SMILES string of the molecule is CC(C)(C)NCc1coc(-c2cccc(OC(F)F)c2)n1. The lowest BCUT2D eigenvalue weighted by molar-refractivity contribution is -0.0498. The molecule has 4 nitrogen and oxygen atoms in total. The van der Waals surface area contributed by atoms with Crippen LogP contribution in [-0.4, -0.2) is 17.1 Å². The molecule has 0 aliphatic rings. The second-order valence-electron chi connectivity index (χ2n) is 5.65. The second-order valence-corrected chi connectivity index (χ2v) is 5.65. The fourth-order valence-electron chi connectivity index (χ4n) is 1.68. The molecular formula is C15H18F2N2O2. The molecule has 1 N–H and O–H groups in total. The van der Waals surface area contributed by atoms with Crippen LogP contribution in [0.4, 0.5) is 8.78 Å². The number of hydrogen-bond acceptors (Lipinski definition) is 4. The Morgan fingerprint density at radius 3 is 2.76 bits per heavy atom. The molecule has 0 atom stereocenters. The molecule has 2 rings (SSSR count). The van der Waals surface area contributed by atoms with Crippen molar-refractivity contribution in [3.05, 3.63) is 36.2 Å². The standard InChI is InChI=1S/C15H18F2N2O2/c1-15(2,3)18-8-11-9-20-13(19-11)10-5-4-6-12(7-10)21-14(16)17/h4-7,9,14,18H,8H2,1-3H3. The van der Waals surface area contributed by atoms with Gasteiger partial charge in [0, 0.05) is 17.6 Å². The quantitative estimate of drug-likeness (QED) is 0.911. The second kappa shape index (κ2) is 6.22. The highest BCUT2D eigenvalue weighted by molar-refractivity contribution is 5.56.